The number of primary amides is 1. The summed E-state index contributed by atoms with van der Waals surface area (Å²) in [6, 6.07) is 8.05. The lowest BCUT2D eigenvalue weighted by Gasteiger charge is -2.37. The molecule has 1 atom stereocenters. The van der Waals surface area contributed by atoms with Gasteiger partial charge in [-0.15, -0.1) is 11.8 Å². The highest BCUT2D eigenvalue weighted by molar-refractivity contribution is 7.99. The topological polar surface area (TPSA) is 55.1 Å². The second kappa shape index (κ2) is 5.33. The van der Waals surface area contributed by atoms with Crippen molar-refractivity contribution < 1.29 is 4.79 Å². The average Bonchev–Trinajstić information content (AvgIpc) is 2.36. The normalized spacial score (nSPS) is 22.8. The minimum absolute atomic E-state index is 0.268. The van der Waals surface area contributed by atoms with Crippen molar-refractivity contribution in [3.05, 3.63) is 29.8 Å². The number of carbonyl (C=O) groups is 1. The van der Waals surface area contributed by atoms with E-state index in [1.165, 1.54) is 4.90 Å². The Labute approximate surface area is 113 Å². The van der Waals surface area contributed by atoms with Gasteiger partial charge >= 0.3 is 0 Å². The summed E-state index contributed by atoms with van der Waals surface area (Å²) < 4.78 is 0. The molecule has 98 valence electrons. The lowest BCUT2D eigenvalue weighted by molar-refractivity contribution is -0.125. The van der Waals surface area contributed by atoms with Crippen LogP contribution in [0.1, 0.15) is 25.8 Å². The minimum atomic E-state index is -0.688. The third-order valence-electron chi connectivity index (χ3n) is 3.31. The first kappa shape index (κ1) is 13.4. The van der Waals surface area contributed by atoms with Crippen LogP contribution in [0.4, 0.5) is 0 Å². The molecule has 1 aliphatic rings. The number of amides is 1. The molecule has 2 rings (SSSR count). The SMILES string of the molecule is CC(C)CNC1(C(N)=O)CCSc2ccccc21. The summed E-state index contributed by atoms with van der Waals surface area (Å²) in [5, 5.41) is 3.40. The zero-order valence-electron chi connectivity index (χ0n) is 10.9. The van der Waals surface area contributed by atoms with E-state index in [2.05, 4.69) is 25.2 Å². The van der Waals surface area contributed by atoms with E-state index in [-0.39, 0.29) is 5.91 Å². The summed E-state index contributed by atoms with van der Waals surface area (Å²) >= 11 is 1.79. The average molecular weight is 264 g/mol. The number of fused-ring (bicyclic) bond motifs is 1. The van der Waals surface area contributed by atoms with Gasteiger partial charge in [0.15, 0.2) is 0 Å². The maximum atomic E-state index is 12.0. The van der Waals surface area contributed by atoms with Gasteiger partial charge in [-0.05, 0) is 30.5 Å². The van der Waals surface area contributed by atoms with Gasteiger partial charge in [-0.25, -0.2) is 0 Å². The third kappa shape index (κ3) is 2.40. The molecular formula is C14H20N2OS. The number of benzene rings is 1. The van der Waals surface area contributed by atoms with Crippen molar-refractivity contribution in [3.63, 3.8) is 0 Å². The Bertz CT molecular complexity index is 447. The van der Waals surface area contributed by atoms with Crippen molar-refractivity contribution >= 4 is 17.7 Å². The summed E-state index contributed by atoms with van der Waals surface area (Å²) in [6.07, 6.45) is 0.761. The predicted molar refractivity (Wildman–Crippen MR) is 75.5 cm³/mol. The van der Waals surface area contributed by atoms with Gasteiger partial charge in [0.05, 0.1) is 0 Å². The Morgan fingerprint density at radius 3 is 2.89 bits per heavy atom. The second-order valence-electron chi connectivity index (χ2n) is 5.14. The maximum Gasteiger partial charge on any atom is 0.242 e. The summed E-state index contributed by atoms with van der Waals surface area (Å²) in [7, 11) is 0. The van der Waals surface area contributed by atoms with Crippen LogP contribution >= 0.6 is 11.8 Å². The van der Waals surface area contributed by atoms with Crippen LogP contribution in [0.3, 0.4) is 0 Å². The first-order valence-electron chi connectivity index (χ1n) is 6.33. The van der Waals surface area contributed by atoms with Crippen molar-refractivity contribution in [2.45, 2.75) is 30.7 Å². The molecule has 0 spiro atoms. The van der Waals surface area contributed by atoms with E-state index in [4.69, 9.17) is 5.73 Å². The molecular weight excluding hydrogens is 244 g/mol. The largest absolute Gasteiger partial charge is 0.368 e. The molecule has 0 saturated carbocycles. The van der Waals surface area contributed by atoms with Crippen LogP contribution in [0.25, 0.3) is 0 Å². The minimum Gasteiger partial charge on any atom is -0.368 e. The van der Waals surface area contributed by atoms with Crippen molar-refractivity contribution in [2.24, 2.45) is 11.7 Å². The van der Waals surface area contributed by atoms with Crippen LogP contribution in [0.2, 0.25) is 0 Å². The Kier molecular flexibility index (Phi) is 3.97. The van der Waals surface area contributed by atoms with Crippen molar-refractivity contribution in [1.29, 1.82) is 0 Å². The van der Waals surface area contributed by atoms with Gasteiger partial charge in [-0.1, -0.05) is 32.0 Å². The molecule has 1 aromatic carbocycles. The highest BCUT2D eigenvalue weighted by atomic mass is 32.2. The molecule has 1 heterocycles. The van der Waals surface area contributed by atoms with Gasteiger partial charge < -0.3 is 5.73 Å². The van der Waals surface area contributed by atoms with Crippen LogP contribution in [0, 0.1) is 5.92 Å². The number of carbonyl (C=O) groups excluding carboxylic acids is 1. The number of hydrogen-bond donors (Lipinski definition) is 2. The van der Waals surface area contributed by atoms with Crippen molar-refractivity contribution in [3.8, 4) is 0 Å². The molecule has 0 aromatic heterocycles. The molecule has 3 nitrogen and oxygen atoms in total. The predicted octanol–water partition coefficient (Wildman–Crippen LogP) is 2.11. The smallest absolute Gasteiger partial charge is 0.242 e. The Hall–Kier alpha value is -1.00. The number of rotatable bonds is 4. The lowest BCUT2D eigenvalue weighted by atomic mass is 9.85. The van der Waals surface area contributed by atoms with Crippen LogP contribution in [0.15, 0.2) is 29.2 Å². The Balaban J connectivity index is 2.39. The maximum absolute atomic E-state index is 12.0. The third-order valence-corrected chi connectivity index (χ3v) is 4.39. The highest BCUT2D eigenvalue weighted by Crippen LogP contribution is 2.40. The van der Waals surface area contributed by atoms with E-state index in [9.17, 15) is 4.79 Å². The van der Waals surface area contributed by atoms with E-state index >= 15 is 0 Å². The monoisotopic (exact) mass is 264 g/mol. The molecule has 1 amide bonds. The van der Waals surface area contributed by atoms with E-state index in [1.54, 1.807) is 11.8 Å². The van der Waals surface area contributed by atoms with Gasteiger partial charge in [0.1, 0.15) is 5.54 Å². The fraction of sp³-hybridized carbons (Fsp3) is 0.500. The van der Waals surface area contributed by atoms with E-state index in [0.717, 1.165) is 24.3 Å². The molecule has 18 heavy (non-hydrogen) atoms. The van der Waals surface area contributed by atoms with Gasteiger partial charge in [0, 0.05) is 10.6 Å². The Morgan fingerprint density at radius 1 is 1.50 bits per heavy atom. The van der Waals surface area contributed by atoms with E-state index in [0.29, 0.717) is 5.92 Å². The zero-order chi connectivity index (χ0) is 13.2. The molecule has 3 N–H and O–H groups in total. The van der Waals surface area contributed by atoms with Crippen molar-refractivity contribution in [1.82, 2.24) is 5.32 Å². The van der Waals surface area contributed by atoms with Gasteiger partial charge in [0.2, 0.25) is 5.91 Å². The number of hydrogen-bond acceptors (Lipinski definition) is 3. The van der Waals surface area contributed by atoms with Crippen LogP contribution in [-0.2, 0) is 10.3 Å². The standard InChI is InChI=1S/C14H20N2OS/c1-10(2)9-16-14(13(15)17)7-8-18-12-6-4-3-5-11(12)14/h3-6,10,16H,7-9H2,1-2H3,(H2,15,17). The molecule has 0 fully saturated rings. The second-order valence-corrected chi connectivity index (χ2v) is 6.28. The van der Waals surface area contributed by atoms with E-state index < -0.39 is 5.54 Å². The van der Waals surface area contributed by atoms with Gasteiger partial charge in [-0.3, -0.25) is 10.1 Å². The highest BCUT2D eigenvalue weighted by Gasteiger charge is 2.41. The van der Waals surface area contributed by atoms with Crippen molar-refractivity contribution in [2.75, 3.05) is 12.3 Å². The first-order valence-corrected chi connectivity index (χ1v) is 7.32. The summed E-state index contributed by atoms with van der Waals surface area (Å²) in [5.41, 5.74) is 6.04. The summed E-state index contributed by atoms with van der Waals surface area (Å²) in [5.74, 6) is 1.14. The Morgan fingerprint density at radius 2 is 2.22 bits per heavy atom. The van der Waals surface area contributed by atoms with Crippen LogP contribution in [0.5, 0.6) is 0 Å². The first-order chi connectivity index (χ1) is 8.56. The number of nitrogens with one attached hydrogen (secondary N) is 1. The van der Waals surface area contributed by atoms with Gasteiger partial charge in [0.25, 0.3) is 0 Å². The van der Waals surface area contributed by atoms with E-state index in [1.807, 2.05) is 18.2 Å². The van der Waals surface area contributed by atoms with Crippen LogP contribution < -0.4 is 11.1 Å². The quantitative estimate of drug-likeness (QED) is 0.875. The van der Waals surface area contributed by atoms with Gasteiger partial charge in [-0.2, -0.15) is 0 Å². The lowest BCUT2D eigenvalue weighted by Crippen LogP contribution is -2.55. The molecule has 0 aliphatic carbocycles. The zero-order valence-corrected chi connectivity index (χ0v) is 11.7. The van der Waals surface area contributed by atoms with Crippen LogP contribution in [-0.4, -0.2) is 18.2 Å². The molecule has 1 unspecified atom stereocenters. The molecule has 0 saturated heterocycles. The summed E-state index contributed by atoms with van der Waals surface area (Å²) in [6.45, 7) is 5.05. The fourth-order valence-corrected chi connectivity index (χ4v) is 3.50. The molecule has 1 aliphatic heterocycles. The molecule has 1 aromatic rings. The molecule has 0 bridgehead atoms. The number of nitrogens with two attached hydrogens (primary N) is 1. The summed E-state index contributed by atoms with van der Waals surface area (Å²) in [4.78, 5) is 13.2. The molecule has 4 heteroatoms. The number of thioether (sulfide) groups is 1. The molecule has 0 radical (unpaired) electrons. The fourth-order valence-electron chi connectivity index (χ4n) is 2.30.